The fourth-order valence-electron chi connectivity index (χ4n) is 2.52. The summed E-state index contributed by atoms with van der Waals surface area (Å²) >= 11 is 6.19. The topological polar surface area (TPSA) is 29.9 Å². The molecule has 0 bridgehead atoms. The largest absolute Gasteiger partial charge is 0.335 e. The number of rotatable bonds is 7. The van der Waals surface area contributed by atoms with E-state index in [1.165, 1.54) is 6.07 Å². The van der Waals surface area contributed by atoms with E-state index in [0.29, 0.717) is 17.0 Å². The highest BCUT2D eigenvalue weighted by Crippen LogP contribution is 2.28. The minimum Gasteiger partial charge on any atom is -0.335 e. The second-order valence-electron chi connectivity index (χ2n) is 4.99. The smallest absolute Gasteiger partial charge is 0.129 e. The van der Waals surface area contributed by atoms with Gasteiger partial charge in [0.2, 0.25) is 0 Å². The Bertz CT molecular complexity index is 562. The lowest BCUT2D eigenvalue weighted by atomic mass is 10.0. The summed E-state index contributed by atoms with van der Waals surface area (Å²) < 4.78 is 16.3. The highest BCUT2D eigenvalue weighted by molar-refractivity contribution is 6.31. The van der Waals surface area contributed by atoms with E-state index in [9.17, 15) is 4.39 Å². The summed E-state index contributed by atoms with van der Waals surface area (Å²) in [4.78, 5) is 4.40. The number of halogens is 2. The summed E-state index contributed by atoms with van der Waals surface area (Å²) in [6.45, 7) is 5.78. The standard InChI is InChI=1S/C16H21ClFN3/c1-3-9-21-10-8-20-15(21)11-14(19-4-2)16-12(17)6-5-7-13(16)18/h5-8,10,14,19H,3-4,9,11H2,1-2H3. The molecule has 114 valence electrons. The molecule has 1 atom stereocenters. The summed E-state index contributed by atoms with van der Waals surface area (Å²) in [5.41, 5.74) is 0.520. The van der Waals surface area contributed by atoms with Gasteiger partial charge in [-0.25, -0.2) is 9.37 Å². The highest BCUT2D eigenvalue weighted by Gasteiger charge is 2.20. The normalized spacial score (nSPS) is 12.6. The predicted molar refractivity (Wildman–Crippen MR) is 84.0 cm³/mol. The first-order valence-corrected chi connectivity index (χ1v) is 7.72. The van der Waals surface area contributed by atoms with E-state index in [-0.39, 0.29) is 11.9 Å². The SMILES string of the molecule is CCCn1ccnc1CC(NCC)c1c(F)cccc1Cl. The summed E-state index contributed by atoms with van der Waals surface area (Å²) in [5, 5.41) is 3.76. The van der Waals surface area contributed by atoms with E-state index >= 15 is 0 Å². The molecule has 0 amide bonds. The molecule has 0 fully saturated rings. The van der Waals surface area contributed by atoms with Crippen molar-refractivity contribution in [3.05, 3.63) is 52.8 Å². The number of benzene rings is 1. The van der Waals surface area contributed by atoms with Crippen LogP contribution in [0, 0.1) is 5.82 Å². The van der Waals surface area contributed by atoms with Crippen molar-refractivity contribution in [1.82, 2.24) is 14.9 Å². The lowest BCUT2D eigenvalue weighted by molar-refractivity contribution is 0.489. The molecule has 2 rings (SSSR count). The van der Waals surface area contributed by atoms with Crippen LogP contribution in [-0.2, 0) is 13.0 Å². The number of hydrogen-bond donors (Lipinski definition) is 1. The average molecular weight is 310 g/mol. The number of hydrogen-bond acceptors (Lipinski definition) is 2. The number of likely N-dealkylation sites (N-methyl/N-ethyl adjacent to an activating group) is 1. The zero-order valence-corrected chi connectivity index (χ0v) is 13.2. The third-order valence-corrected chi connectivity index (χ3v) is 3.78. The van der Waals surface area contributed by atoms with Crippen LogP contribution < -0.4 is 5.32 Å². The summed E-state index contributed by atoms with van der Waals surface area (Å²) in [6.07, 6.45) is 5.40. The Balaban J connectivity index is 2.29. The van der Waals surface area contributed by atoms with Crippen LogP contribution in [0.1, 0.15) is 37.7 Å². The van der Waals surface area contributed by atoms with E-state index in [1.807, 2.05) is 13.1 Å². The fraction of sp³-hybridized carbons (Fsp3) is 0.438. The minimum absolute atomic E-state index is 0.179. The Hall–Kier alpha value is -1.39. The quantitative estimate of drug-likeness (QED) is 0.838. The Morgan fingerprint density at radius 2 is 2.19 bits per heavy atom. The monoisotopic (exact) mass is 309 g/mol. The first kappa shape index (κ1) is 16.0. The zero-order valence-electron chi connectivity index (χ0n) is 12.4. The minimum atomic E-state index is -0.276. The van der Waals surface area contributed by atoms with Crippen molar-refractivity contribution in [2.45, 2.75) is 39.3 Å². The number of nitrogens with zero attached hydrogens (tertiary/aromatic N) is 2. The van der Waals surface area contributed by atoms with Crippen LogP contribution in [0.3, 0.4) is 0 Å². The highest BCUT2D eigenvalue weighted by atomic mass is 35.5. The van der Waals surface area contributed by atoms with Crippen LogP contribution in [-0.4, -0.2) is 16.1 Å². The molecular formula is C16H21ClFN3. The van der Waals surface area contributed by atoms with Crippen LogP contribution in [0.4, 0.5) is 4.39 Å². The first-order chi connectivity index (χ1) is 10.2. The molecule has 1 aromatic carbocycles. The Morgan fingerprint density at radius 3 is 2.86 bits per heavy atom. The van der Waals surface area contributed by atoms with Gasteiger partial charge in [-0.3, -0.25) is 0 Å². The lowest BCUT2D eigenvalue weighted by Crippen LogP contribution is -2.25. The summed E-state index contributed by atoms with van der Waals surface area (Å²) in [7, 11) is 0. The molecule has 5 heteroatoms. The molecule has 3 nitrogen and oxygen atoms in total. The maximum absolute atomic E-state index is 14.1. The van der Waals surface area contributed by atoms with Gasteiger partial charge in [0.05, 0.1) is 0 Å². The molecule has 1 unspecified atom stereocenters. The van der Waals surface area contributed by atoms with Gasteiger partial charge in [0.25, 0.3) is 0 Å². The Labute approximate surface area is 130 Å². The van der Waals surface area contributed by atoms with Crippen molar-refractivity contribution >= 4 is 11.6 Å². The molecule has 1 heterocycles. The van der Waals surface area contributed by atoms with E-state index in [4.69, 9.17) is 11.6 Å². The van der Waals surface area contributed by atoms with Gasteiger partial charge >= 0.3 is 0 Å². The van der Waals surface area contributed by atoms with Crippen molar-refractivity contribution in [1.29, 1.82) is 0 Å². The molecule has 21 heavy (non-hydrogen) atoms. The van der Waals surface area contributed by atoms with Crippen LogP contribution in [0.15, 0.2) is 30.6 Å². The van der Waals surface area contributed by atoms with Crippen molar-refractivity contribution in [3.63, 3.8) is 0 Å². The summed E-state index contributed by atoms with van der Waals surface area (Å²) in [5.74, 6) is 0.671. The van der Waals surface area contributed by atoms with Gasteiger partial charge in [0, 0.05) is 42.0 Å². The molecule has 0 aliphatic carbocycles. The Morgan fingerprint density at radius 1 is 1.38 bits per heavy atom. The lowest BCUT2D eigenvalue weighted by Gasteiger charge is -2.20. The van der Waals surface area contributed by atoms with Crippen LogP contribution in [0.25, 0.3) is 0 Å². The molecule has 1 aromatic heterocycles. The van der Waals surface area contributed by atoms with Gasteiger partial charge in [-0.2, -0.15) is 0 Å². The number of aromatic nitrogens is 2. The van der Waals surface area contributed by atoms with Gasteiger partial charge in [-0.1, -0.05) is 31.5 Å². The number of nitrogens with one attached hydrogen (secondary N) is 1. The van der Waals surface area contributed by atoms with Crippen LogP contribution in [0.2, 0.25) is 5.02 Å². The van der Waals surface area contributed by atoms with E-state index in [1.54, 1.807) is 18.3 Å². The fourth-order valence-corrected chi connectivity index (χ4v) is 2.82. The summed E-state index contributed by atoms with van der Waals surface area (Å²) in [6, 6.07) is 4.62. The van der Waals surface area contributed by atoms with Crippen LogP contribution >= 0.6 is 11.6 Å². The number of imidazole rings is 1. The molecule has 0 saturated carbocycles. The Kier molecular flexibility index (Phi) is 5.76. The average Bonchev–Trinajstić information content (AvgIpc) is 2.86. The zero-order chi connectivity index (χ0) is 15.2. The van der Waals surface area contributed by atoms with Crippen LogP contribution in [0.5, 0.6) is 0 Å². The molecule has 2 aromatic rings. The van der Waals surface area contributed by atoms with E-state index in [0.717, 1.165) is 25.3 Å². The van der Waals surface area contributed by atoms with Crippen molar-refractivity contribution < 1.29 is 4.39 Å². The second kappa shape index (κ2) is 7.57. The van der Waals surface area contributed by atoms with E-state index < -0.39 is 0 Å². The van der Waals surface area contributed by atoms with E-state index in [2.05, 4.69) is 21.8 Å². The van der Waals surface area contributed by atoms with Gasteiger partial charge in [0.1, 0.15) is 11.6 Å². The first-order valence-electron chi connectivity index (χ1n) is 7.34. The molecule has 0 aliphatic heterocycles. The molecule has 0 aliphatic rings. The molecule has 0 radical (unpaired) electrons. The van der Waals surface area contributed by atoms with Crippen molar-refractivity contribution in [2.24, 2.45) is 0 Å². The molecule has 1 N–H and O–H groups in total. The van der Waals surface area contributed by atoms with Crippen molar-refractivity contribution in [3.8, 4) is 0 Å². The number of aryl methyl sites for hydroxylation is 1. The molecule has 0 saturated heterocycles. The van der Waals surface area contributed by atoms with Gasteiger partial charge in [-0.05, 0) is 25.1 Å². The molecular weight excluding hydrogens is 289 g/mol. The van der Waals surface area contributed by atoms with Crippen molar-refractivity contribution in [2.75, 3.05) is 6.54 Å². The third-order valence-electron chi connectivity index (χ3n) is 3.45. The second-order valence-corrected chi connectivity index (χ2v) is 5.39. The predicted octanol–water partition coefficient (Wildman–Crippen LogP) is 3.98. The maximum Gasteiger partial charge on any atom is 0.129 e. The van der Waals surface area contributed by atoms with Gasteiger partial charge in [-0.15, -0.1) is 0 Å². The maximum atomic E-state index is 14.1. The van der Waals surface area contributed by atoms with Gasteiger partial charge < -0.3 is 9.88 Å². The van der Waals surface area contributed by atoms with Gasteiger partial charge in [0.15, 0.2) is 0 Å². The molecule has 0 spiro atoms. The third kappa shape index (κ3) is 3.83.